The van der Waals surface area contributed by atoms with Crippen LogP contribution in [0.4, 0.5) is 11.4 Å². The van der Waals surface area contributed by atoms with Crippen molar-refractivity contribution in [3.63, 3.8) is 0 Å². The highest BCUT2D eigenvalue weighted by Gasteiger charge is 2.18. The second-order valence-corrected chi connectivity index (χ2v) is 6.63. The van der Waals surface area contributed by atoms with Gasteiger partial charge in [-0.3, -0.25) is 4.79 Å². The van der Waals surface area contributed by atoms with Crippen LogP contribution in [0.3, 0.4) is 0 Å². The molecule has 0 aliphatic carbocycles. The first-order valence-electron chi connectivity index (χ1n) is 6.48. The molecular formula is C14H24N2OS. The van der Waals surface area contributed by atoms with Crippen molar-refractivity contribution < 1.29 is 0 Å². The minimum absolute atomic E-state index is 0.00723. The maximum absolute atomic E-state index is 11.6. The molecule has 102 valence electrons. The molecule has 0 heterocycles. The van der Waals surface area contributed by atoms with Gasteiger partial charge in [-0.05, 0) is 18.3 Å². The Bertz CT molecular complexity index is 465. The molecule has 1 aromatic rings. The zero-order valence-electron chi connectivity index (χ0n) is 12.1. The van der Waals surface area contributed by atoms with Gasteiger partial charge < -0.3 is 10.2 Å². The monoisotopic (exact) mass is 268 g/mol. The van der Waals surface area contributed by atoms with Gasteiger partial charge in [0.2, 0.25) is 5.43 Å². The fraction of sp³-hybridized carbons (Fsp3) is 0.714. The molecule has 1 N–H and O–H groups in total. The van der Waals surface area contributed by atoms with Crippen LogP contribution in [0.2, 0.25) is 0 Å². The Morgan fingerprint density at radius 3 is 2.33 bits per heavy atom. The topological polar surface area (TPSA) is 32.3 Å². The molecule has 0 fully saturated rings. The van der Waals surface area contributed by atoms with Gasteiger partial charge in [-0.1, -0.05) is 39.4 Å². The molecule has 18 heavy (non-hydrogen) atoms. The lowest BCUT2D eigenvalue weighted by Crippen LogP contribution is -2.26. The third-order valence-electron chi connectivity index (χ3n) is 2.99. The minimum Gasteiger partial charge on any atom is -0.382 e. The highest BCUT2D eigenvalue weighted by atomic mass is 32.1. The van der Waals surface area contributed by atoms with E-state index < -0.39 is 0 Å². The van der Waals surface area contributed by atoms with E-state index in [0.717, 1.165) is 24.3 Å². The number of unbranched alkanes of at least 4 members (excludes halogenated alkanes) is 1. The number of rotatable bonds is 6. The molecule has 0 saturated carbocycles. The second-order valence-electron chi connectivity index (χ2n) is 6.22. The molecule has 0 saturated heterocycles. The van der Waals surface area contributed by atoms with E-state index in [1.807, 2.05) is 19.0 Å². The summed E-state index contributed by atoms with van der Waals surface area (Å²) in [6.07, 6.45) is 3.53. The van der Waals surface area contributed by atoms with Gasteiger partial charge in [-0.15, -0.1) is 0 Å². The minimum atomic E-state index is -0.00723. The molecular weight excluding hydrogens is 244 g/mol. The van der Waals surface area contributed by atoms with Gasteiger partial charge in [-0.25, -0.2) is 0 Å². The molecule has 1 aromatic carbocycles. The summed E-state index contributed by atoms with van der Waals surface area (Å²) < 4.78 is 0.453. The van der Waals surface area contributed by atoms with E-state index in [9.17, 15) is 4.79 Å². The van der Waals surface area contributed by atoms with Crippen molar-refractivity contribution in [1.29, 1.82) is 0 Å². The van der Waals surface area contributed by atoms with Crippen molar-refractivity contribution in [2.75, 3.05) is 30.9 Å². The Morgan fingerprint density at radius 2 is 1.83 bits per heavy atom. The number of nitrogens with one attached hydrogen (secondary N) is 1. The van der Waals surface area contributed by atoms with Crippen molar-refractivity contribution in [3.05, 3.63) is 14.7 Å². The number of anilines is 2. The predicted octanol–water partition coefficient (Wildman–Crippen LogP) is 3.35. The van der Waals surface area contributed by atoms with E-state index in [-0.39, 0.29) is 5.43 Å². The first-order chi connectivity index (χ1) is 8.24. The van der Waals surface area contributed by atoms with Crippen LogP contribution in [0.1, 0.15) is 40.0 Å². The van der Waals surface area contributed by atoms with Crippen molar-refractivity contribution >= 4 is 23.6 Å². The zero-order valence-corrected chi connectivity index (χ0v) is 12.9. The SMILES string of the molecule is CN(C)c1c(NCCCCC(C)(C)C)c(=S)c1=O. The standard InChI is InChI=1S/C14H24N2OS/c1-14(2,3)8-6-7-9-15-10-11(16(4)5)12(17)13(10)18/h15H,6-9H2,1-5H3. The largest absolute Gasteiger partial charge is 0.382 e. The van der Waals surface area contributed by atoms with Crippen molar-refractivity contribution in [3.8, 4) is 0 Å². The van der Waals surface area contributed by atoms with Gasteiger partial charge in [0.15, 0.2) is 0 Å². The van der Waals surface area contributed by atoms with Crippen LogP contribution < -0.4 is 15.6 Å². The Labute approximate surface area is 115 Å². The summed E-state index contributed by atoms with van der Waals surface area (Å²) in [7, 11) is 3.74. The van der Waals surface area contributed by atoms with Crippen LogP contribution in [0, 0.1) is 9.93 Å². The van der Waals surface area contributed by atoms with Crippen molar-refractivity contribution in [1.82, 2.24) is 0 Å². The van der Waals surface area contributed by atoms with Crippen LogP contribution in [-0.2, 0) is 0 Å². The van der Waals surface area contributed by atoms with Gasteiger partial charge >= 0.3 is 0 Å². The molecule has 1 rings (SSSR count). The molecule has 3 nitrogen and oxygen atoms in total. The Morgan fingerprint density at radius 1 is 1.22 bits per heavy atom. The lowest BCUT2D eigenvalue weighted by molar-refractivity contribution is 0.362. The molecule has 0 bridgehead atoms. The average molecular weight is 268 g/mol. The van der Waals surface area contributed by atoms with Gasteiger partial charge in [0.05, 0.1) is 5.69 Å². The van der Waals surface area contributed by atoms with E-state index in [1.165, 1.54) is 12.8 Å². The summed E-state index contributed by atoms with van der Waals surface area (Å²) in [5.74, 6) is 0. The summed E-state index contributed by atoms with van der Waals surface area (Å²) in [5, 5.41) is 3.29. The maximum Gasteiger partial charge on any atom is 0.224 e. The Kier molecular flexibility index (Phi) is 4.91. The molecule has 0 aliphatic rings. The normalized spacial score (nSPS) is 11.8. The summed E-state index contributed by atoms with van der Waals surface area (Å²) in [4.78, 5) is 13.4. The Hall–Kier alpha value is -0.900. The highest BCUT2D eigenvalue weighted by Crippen LogP contribution is 2.26. The third-order valence-corrected chi connectivity index (χ3v) is 3.38. The molecule has 4 heteroatoms. The molecule has 0 spiro atoms. The van der Waals surface area contributed by atoms with Gasteiger partial charge in [0.25, 0.3) is 0 Å². The summed E-state index contributed by atoms with van der Waals surface area (Å²) >= 11 is 5.06. The fourth-order valence-electron chi connectivity index (χ4n) is 1.96. The number of hydrogen-bond donors (Lipinski definition) is 1. The first kappa shape index (κ1) is 15.2. The van der Waals surface area contributed by atoms with Crippen LogP contribution in [0.5, 0.6) is 0 Å². The molecule has 0 radical (unpaired) electrons. The first-order valence-corrected chi connectivity index (χ1v) is 6.89. The summed E-state index contributed by atoms with van der Waals surface area (Å²) in [6.45, 7) is 7.66. The van der Waals surface area contributed by atoms with Crippen LogP contribution in [-0.4, -0.2) is 20.6 Å². The summed E-state index contributed by atoms with van der Waals surface area (Å²) in [5.41, 5.74) is 1.97. The van der Waals surface area contributed by atoms with Crippen molar-refractivity contribution in [2.24, 2.45) is 5.41 Å². The maximum atomic E-state index is 11.6. The van der Waals surface area contributed by atoms with Gasteiger partial charge in [0.1, 0.15) is 10.2 Å². The molecule has 0 aromatic heterocycles. The fourth-order valence-corrected chi connectivity index (χ4v) is 2.23. The molecule has 0 atom stereocenters. The van der Waals surface area contributed by atoms with E-state index in [0.29, 0.717) is 9.93 Å². The quantitative estimate of drug-likeness (QED) is 0.633. The van der Waals surface area contributed by atoms with E-state index in [2.05, 4.69) is 26.1 Å². The number of nitrogens with zero attached hydrogens (tertiary/aromatic N) is 1. The van der Waals surface area contributed by atoms with Crippen molar-refractivity contribution in [2.45, 2.75) is 40.0 Å². The third kappa shape index (κ3) is 3.80. The smallest absolute Gasteiger partial charge is 0.224 e. The van der Waals surface area contributed by atoms with Crippen LogP contribution >= 0.6 is 12.2 Å². The summed E-state index contributed by atoms with van der Waals surface area (Å²) in [6, 6.07) is 0. The van der Waals surface area contributed by atoms with Crippen LogP contribution in [0.15, 0.2) is 4.79 Å². The Balaban J connectivity index is 2.39. The molecule has 0 amide bonds. The average Bonchev–Trinajstić information content (AvgIpc) is 2.24. The second kappa shape index (κ2) is 5.83. The van der Waals surface area contributed by atoms with E-state index in [4.69, 9.17) is 12.2 Å². The molecule has 0 aliphatic heterocycles. The van der Waals surface area contributed by atoms with Gasteiger partial charge in [0, 0.05) is 20.6 Å². The van der Waals surface area contributed by atoms with Gasteiger partial charge in [-0.2, -0.15) is 0 Å². The predicted molar refractivity (Wildman–Crippen MR) is 82.0 cm³/mol. The van der Waals surface area contributed by atoms with E-state index in [1.54, 1.807) is 0 Å². The zero-order chi connectivity index (χ0) is 13.9. The molecule has 0 unspecified atom stereocenters. The van der Waals surface area contributed by atoms with E-state index >= 15 is 0 Å². The van der Waals surface area contributed by atoms with Crippen LogP contribution in [0.25, 0.3) is 0 Å². The highest BCUT2D eigenvalue weighted by molar-refractivity contribution is 7.71. The lowest BCUT2D eigenvalue weighted by Gasteiger charge is -2.21. The number of hydrogen-bond acceptors (Lipinski definition) is 4. The lowest BCUT2D eigenvalue weighted by atomic mass is 9.90.